The number of methoxy groups -OCH3 is 1. The Balaban J connectivity index is 1.89. The molecule has 0 saturated heterocycles. The number of ether oxygens (including phenoxy) is 2. The highest BCUT2D eigenvalue weighted by molar-refractivity contribution is 7.55. The van der Waals surface area contributed by atoms with Crippen molar-refractivity contribution in [2.75, 3.05) is 13.9 Å². The third-order valence-electron chi connectivity index (χ3n) is 4.43. The quantitative estimate of drug-likeness (QED) is 0.573. The predicted octanol–water partition coefficient (Wildman–Crippen LogP) is 3.47. The van der Waals surface area contributed by atoms with Gasteiger partial charge in [-0.15, -0.1) is 0 Å². The van der Waals surface area contributed by atoms with Crippen LogP contribution in [-0.4, -0.2) is 19.0 Å². The monoisotopic (exact) mass is 368 g/mol. The number of aliphatic hydroxyl groups excluding tert-OH is 1. The number of allylic oxidation sites excluding steroid dienone is 4. The van der Waals surface area contributed by atoms with E-state index in [1.54, 1.807) is 7.11 Å². The van der Waals surface area contributed by atoms with Crippen LogP contribution < -0.4 is 15.3 Å². The average molecular weight is 368 g/mol. The van der Waals surface area contributed by atoms with Crippen LogP contribution in [0, 0.1) is 5.92 Å². The molecule has 0 spiro atoms. The standard InChI is InChI=1S/C22H25O3P/c1-24-16-25-22-18(14-17-8-3-2-4-9-17)11-7-13-21(22)26-20-12-6-5-10-19(20)15-23/h2-8,10-13,17,23,26H,9,14-16H2,1H3. The second-order valence-electron chi connectivity index (χ2n) is 6.30. The van der Waals surface area contributed by atoms with Gasteiger partial charge in [-0.1, -0.05) is 75.3 Å². The Morgan fingerprint density at radius 2 is 1.85 bits per heavy atom. The van der Waals surface area contributed by atoms with Gasteiger partial charge in [-0.25, -0.2) is 0 Å². The van der Waals surface area contributed by atoms with E-state index in [0.717, 1.165) is 34.8 Å². The van der Waals surface area contributed by atoms with E-state index in [9.17, 15) is 5.11 Å². The molecule has 2 aromatic carbocycles. The van der Waals surface area contributed by atoms with Gasteiger partial charge < -0.3 is 14.6 Å². The fraction of sp³-hybridized carbons (Fsp3) is 0.273. The third-order valence-corrected chi connectivity index (χ3v) is 5.85. The molecule has 3 nitrogen and oxygen atoms in total. The summed E-state index contributed by atoms with van der Waals surface area (Å²) in [6.07, 6.45) is 10.7. The molecule has 0 saturated carbocycles. The highest BCUT2D eigenvalue weighted by Crippen LogP contribution is 2.28. The Bertz CT molecular complexity index is 783. The molecule has 0 fully saturated rings. The van der Waals surface area contributed by atoms with E-state index < -0.39 is 0 Å². The summed E-state index contributed by atoms with van der Waals surface area (Å²) in [7, 11) is 2.07. The molecule has 136 valence electrons. The van der Waals surface area contributed by atoms with Gasteiger partial charge in [0.2, 0.25) is 0 Å². The van der Waals surface area contributed by atoms with Crippen molar-refractivity contribution in [3.63, 3.8) is 0 Å². The van der Waals surface area contributed by atoms with Crippen LogP contribution in [0.15, 0.2) is 66.8 Å². The Morgan fingerprint density at radius 3 is 2.62 bits per heavy atom. The van der Waals surface area contributed by atoms with E-state index in [-0.39, 0.29) is 13.4 Å². The van der Waals surface area contributed by atoms with Crippen LogP contribution in [0.3, 0.4) is 0 Å². The molecule has 1 aliphatic carbocycles. The van der Waals surface area contributed by atoms with E-state index in [1.165, 1.54) is 5.56 Å². The van der Waals surface area contributed by atoms with Crippen LogP contribution in [-0.2, 0) is 17.8 Å². The zero-order chi connectivity index (χ0) is 18.2. The first kappa shape index (κ1) is 18.8. The lowest BCUT2D eigenvalue weighted by molar-refractivity contribution is 0.0511. The number of rotatable bonds is 8. The van der Waals surface area contributed by atoms with Crippen LogP contribution in [0.5, 0.6) is 5.75 Å². The van der Waals surface area contributed by atoms with Crippen molar-refractivity contribution in [3.05, 3.63) is 77.9 Å². The molecule has 2 unspecified atom stereocenters. The average Bonchev–Trinajstić information content (AvgIpc) is 2.69. The molecule has 0 bridgehead atoms. The van der Waals surface area contributed by atoms with Crippen molar-refractivity contribution in [2.24, 2.45) is 5.92 Å². The number of hydrogen-bond donors (Lipinski definition) is 1. The minimum absolute atomic E-state index is 0.0519. The summed E-state index contributed by atoms with van der Waals surface area (Å²) in [6, 6.07) is 14.4. The van der Waals surface area contributed by atoms with Gasteiger partial charge in [0.1, 0.15) is 5.75 Å². The molecule has 0 amide bonds. The second-order valence-corrected chi connectivity index (χ2v) is 7.63. The van der Waals surface area contributed by atoms with Crippen LogP contribution in [0.4, 0.5) is 0 Å². The highest BCUT2D eigenvalue weighted by atomic mass is 31.1. The normalized spacial score (nSPS) is 16.5. The van der Waals surface area contributed by atoms with Crippen LogP contribution in [0.25, 0.3) is 0 Å². The maximum Gasteiger partial charge on any atom is 0.188 e. The van der Waals surface area contributed by atoms with Crippen molar-refractivity contribution in [3.8, 4) is 5.75 Å². The Labute approximate surface area is 157 Å². The van der Waals surface area contributed by atoms with E-state index in [2.05, 4.69) is 48.6 Å². The molecule has 0 aromatic heterocycles. The lowest BCUT2D eigenvalue weighted by Crippen LogP contribution is -2.15. The van der Waals surface area contributed by atoms with Crippen molar-refractivity contribution in [1.29, 1.82) is 0 Å². The first-order chi connectivity index (χ1) is 12.8. The van der Waals surface area contributed by atoms with Crippen LogP contribution in [0.2, 0.25) is 0 Å². The zero-order valence-corrected chi connectivity index (χ0v) is 16.0. The summed E-state index contributed by atoms with van der Waals surface area (Å²) in [6.45, 7) is 0.285. The molecule has 2 atom stereocenters. The van der Waals surface area contributed by atoms with Gasteiger partial charge in [-0.2, -0.15) is 0 Å². The number of aliphatic hydroxyl groups is 1. The number of hydrogen-bond acceptors (Lipinski definition) is 3. The Morgan fingerprint density at radius 1 is 1.04 bits per heavy atom. The molecular weight excluding hydrogens is 343 g/mol. The first-order valence-corrected chi connectivity index (χ1v) is 9.84. The van der Waals surface area contributed by atoms with Gasteiger partial charge in [0.25, 0.3) is 0 Å². The summed E-state index contributed by atoms with van der Waals surface area (Å²) < 4.78 is 11.1. The molecule has 4 heteroatoms. The maximum atomic E-state index is 9.62. The minimum atomic E-state index is 0.0519. The second kappa shape index (κ2) is 9.68. The Hall–Kier alpha value is -1.93. The fourth-order valence-electron chi connectivity index (χ4n) is 3.12. The first-order valence-electron chi connectivity index (χ1n) is 8.84. The lowest BCUT2D eigenvalue weighted by atomic mass is 9.93. The van der Waals surface area contributed by atoms with E-state index in [4.69, 9.17) is 9.47 Å². The molecule has 0 heterocycles. The molecule has 1 aliphatic rings. The topological polar surface area (TPSA) is 38.7 Å². The zero-order valence-electron chi connectivity index (χ0n) is 15.0. The molecule has 0 aliphatic heterocycles. The van der Waals surface area contributed by atoms with Gasteiger partial charge in [-0.05, 0) is 35.2 Å². The highest BCUT2D eigenvalue weighted by Gasteiger charge is 2.15. The summed E-state index contributed by atoms with van der Waals surface area (Å²) in [4.78, 5) is 0. The fourth-order valence-corrected chi connectivity index (χ4v) is 4.44. The summed E-state index contributed by atoms with van der Waals surface area (Å²) in [5.41, 5.74) is 2.17. The summed E-state index contributed by atoms with van der Waals surface area (Å²) in [5, 5.41) is 11.9. The van der Waals surface area contributed by atoms with Gasteiger partial charge in [0.05, 0.1) is 6.61 Å². The molecule has 0 radical (unpaired) electrons. The van der Waals surface area contributed by atoms with Crippen LogP contribution in [0.1, 0.15) is 17.5 Å². The van der Waals surface area contributed by atoms with E-state index in [1.807, 2.05) is 18.2 Å². The molecule has 26 heavy (non-hydrogen) atoms. The molecule has 2 aromatic rings. The third kappa shape index (κ3) is 4.82. The van der Waals surface area contributed by atoms with E-state index >= 15 is 0 Å². The van der Waals surface area contributed by atoms with Gasteiger partial charge in [0, 0.05) is 12.4 Å². The minimum Gasteiger partial charge on any atom is -0.467 e. The Kier molecular flexibility index (Phi) is 7.02. The largest absolute Gasteiger partial charge is 0.467 e. The molecular formula is C22H25O3P. The maximum absolute atomic E-state index is 9.62. The summed E-state index contributed by atoms with van der Waals surface area (Å²) in [5.74, 6) is 1.41. The SMILES string of the molecule is COCOc1c(CC2C=CC=CC2)cccc1Pc1ccccc1CO. The van der Waals surface area contributed by atoms with Crippen molar-refractivity contribution in [2.45, 2.75) is 19.4 Å². The predicted molar refractivity (Wildman–Crippen MR) is 109 cm³/mol. The van der Waals surface area contributed by atoms with Crippen molar-refractivity contribution in [1.82, 2.24) is 0 Å². The number of benzene rings is 2. The summed E-state index contributed by atoms with van der Waals surface area (Å²) >= 11 is 0. The van der Waals surface area contributed by atoms with Gasteiger partial charge in [-0.3, -0.25) is 0 Å². The van der Waals surface area contributed by atoms with E-state index in [0.29, 0.717) is 14.5 Å². The van der Waals surface area contributed by atoms with Crippen molar-refractivity contribution < 1.29 is 14.6 Å². The van der Waals surface area contributed by atoms with Gasteiger partial charge >= 0.3 is 0 Å². The smallest absolute Gasteiger partial charge is 0.188 e. The van der Waals surface area contributed by atoms with Crippen LogP contribution >= 0.6 is 8.58 Å². The number of para-hydroxylation sites is 1. The molecule has 1 N–H and O–H groups in total. The molecule has 3 rings (SSSR count). The lowest BCUT2D eigenvalue weighted by Gasteiger charge is -2.19. The van der Waals surface area contributed by atoms with Gasteiger partial charge in [0.15, 0.2) is 6.79 Å². The van der Waals surface area contributed by atoms with Crippen molar-refractivity contribution >= 4 is 19.2 Å².